The van der Waals surface area contributed by atoms with Gasteiger partial charge in [-0.05, 0) is 44.2 Å². The highest BCUT2D eigenvalue weighted by Gasteiger charge is 2.38. The molecule has 0 unspecified atom stereocenters. The monoisotopic (exact) mass is 305 g/mol. The van der Waals surface area contributed by atoms with Gasteiger partial charge in [-0.15, -0.1) is 0 Å². The fourth-order valence-corrected chi connectivity index (χ4v) is 2.71. The Morgan fingerprint density at radius 1 is 1.41 bits per heavy atom. The van der Waals surface area contributed by atoms with Crippen LogP contribution in [0.1, 0.15) is 30.9 Å². The Hall–Kier alpha value is -1.88. The van der Waals surface area contributed by atoms with Gasteiger partial charge in [0, 0.05) is 13.2 Å². The second kappa shape index (κ2) is 6.92. The Morgan fingerprint density at radius 2 is 2.14 bits per heavy atom. The Balaban J connectivity index is 1.96. The van der Waals surface area contributed by atoms with Crippen LogP contribution in [-0.2, 0) is 20.7 Å². The van der Waals surface area contributed by atoms with Gasteiger partial charge in [0.1, 0.15) is 5.60 Å². The molecule has 2 atom stereocenters. The van der Waals surface area contributed by atoms with Gasteiger partial charge in [-0.1, -0.05) is 24.3 Å². The van der Waals surface area contributed by atoms with Gasteiger partial charge in [-0.3, -0.25) is 9.59 Å². The van der Waals surface area contributed by atoms with E-state index in [0.717, 1.165) is 17.5 Å². The minimum absolute atomic E-state index is 0.113. The van der Waals surface area contributed by atoms with E-state index in [1.807, 2.05) is 31.2 Å². The summed E-state index contributed by atoms with van der Waals surface area (Å²) in [6.07, 6.45) is 1.93. The van der Waals surface area contributed by atoms with Crippen molar-refractivity contribution in [2.24, 2.45) is 5.92 Å². The van der Waals surface area contributed by atoms with Crippen LogP contribution in [0.4, 0.5) is 0 Å². The number of carboxylic acids is 1. The van der Waals surface area contributed by atoms with Crippen LogP contribution < -0.4 is 5.32 Å². The van der Waals surface area contributed by atoms with Crippen molar-refractivity contribution in [2.45, 2.75) is 38.7 Å². The summed E-state index contributed by atoms with van der Waals surface area (Å²) in [4.78, 5) is 23.6. The fourth-order valence-electron chi connectivity index (χ4n) is 2.71. The zero-order valence-corrected chi connectivity index (χ0v) is 13.1. The lowest BCUT2D eigenvalue weighted by atomic mass is 9.95. The van der Waals surface area contributed by atoms with E-state index in [9.17, 15) is 14.7 Å². The quantitative estimate of drug-likeness (QED) is 0.842. The van der Waals surface area contributed by atoms with E-state index in [4.69, 9.17) is 4.74 Å². The van der Waals surface area contributed by atoms with E-state index in [1.54, 1.807) is 6.92 Å². The minimum Gasteiger partial charge on any atom is -0.481 e. The molecule has 0 saturated carbocycles. The predicted octanol–water partition coefficient (Wildman–Crippen LogP) is 1.92. The standard InChI is InChI=1S/C17H23NO4/c1-12-6-3-4-7-13(12)10-14(15(19)20)11-18-16(21)17(2)8-5-9-22-17/h3-4,6-7,14H,5,8-11H2,1-2H3,(H,18,21)(H,19,20)/t14-,17-/m0/s1. The molecule has 1 heterocycles. The molecular formula is C17H23NO4. The second-order valence-corrected chi connectivity index (χ2v) is 6.06. The summed E-state index contributed by atoms with van der Waals surface area (Å²) in [6.45, 7) is 4.41. The van der Waals surface area contributed by atoms with Gasteiger partial charge < -0.3 is 15.2 Å². The molecule has 0 aromatic heterocycles. The molecule has 1 aromatic carbocycles. The number of carbonyl (C=O) groups is 2. The van der Waals surface area contributed by atoms with Crippen LogP contribution >= 0.6 is 0 Å². The molecule has 120 valence electrons. The van der Waals surface area contributed by atoms with Crippen LogP contribution in [0.2, 0.25) is 0 Å². The highest BCUT2D eigenvalue weighted by Crippen LogP contribution is 2.25. The zero-order valence-electron chi connectivity index (χ0n) is 13.1. The van der Waals surface area contributed by atoms with Crippen molar-refractivity contribution in [3.05, 3.63) is 35.4 Å². The molecule has 1 aliphatic rings. The number of ether oxygens (including phenoxy) is 1. The number of hydrogen-bond acceptors (Lipinski definition) is 3. The fraction of sp³-hybridized carbons (Fsp3) is 0.529. The maximum atomic E-state index is 12.2. The van der Waals surface area contributed by atoms with E-state index in [0.29, 0.717) is 19.4 Å². The van der Waals surface area contributed by atoms with Crippen molar-refractivity contribution in [1.82, 2.24) is 5.32 Å². The van der Waals surface area contributed by atoms with E-state index in [1.165, 1.54) is 0 Å². The summed E-state index contributed by atoms with van der Waals surface area (Å²) in [5.74, 6) is -1.77. The molecule has 5 heteroatoms. The average Bonchev–Trinajstić information content (AvgIpc) is 2.92. The van der Waals surface area contributed by atoms with Crippen LogP contribution in [-0.4, -0.2) is 35.7 Å². The van der Waals surface area contributed by atoms with Crippen molar-refractivity contribution >= 4 is 11.9 Å². The number of rotatable bonds is 6. The van der Waals surface area contributed by atoms with E-state index < -0.39 is 17.5 Å². The van der Waals surface area contributed by atoms with E-state index in [2.05, 4.69) is 5.32 Å². The number of amides is 1. The summed E-state index contributed by atoms with van der Waals surface area (Å²) in [5, 5.41) is 12.1. The first kappa shape index (κ1) is 16.5. The Morgan fingerprint density at radius 3 is 2.73 bits per heavy atom. The van der Waals surface area contributed by atoms with Crippen molar-refractivity contribution < 1.29 is 19.4 Å². The summed E-state index contributed by atoms with van der Waals surface area (Å²) in [6, 6.07) is 7.70. The zero-order chi connectivity index (χ0) is 16.2. The van der Waals surface area contributed by atoms with Gasteiger partial charge in [0.2, 0.25) is 0 Å². The van der Waals surface area contributed by atoms with Crippen LogP contribution in [0.3, 0.4) is 0 Å². The molecule has 1 aliphatic heterocycles. The lowest BCUT2D eigenvalue weighted by Crippen LogP contribution is -2.46. The van der Waals surface area contributed by atoms with Gasteiger partial charge in [-0.2, -0.15) is 0 Å². The number of hydrogen-bond donors (Lipinski definition) is 2. The number of benzene rings is 1. The number of aliphatic carboxylic acids is 1. The minimum atomic E-state index is -0.902. The molecule has 1 saturated heterocycles. The Labute approximate surface area is 130 Å². The largest absolute Gasteiger partial charge is 0.481 e. The number of aryl methyl sites for hydroxylation is 1. The third-order valence-electron chi connectivity index (χ3n) is 4.28. The van der Waals surface area contributed by atoms with E-state index in [-0.39, 0.29) is 12.5 Å². The van der Waals surface area contributed by atoms with Gasteiger partial charge >= 0.3 is 5.97 Å². The van der Waals surface area contributed by atoms with Gasteiger partial charge in [0.15, 0.2) is 0 Å². The normalized spacial score (nSPS) is 22.3. The molecule has 1 amide bonds. The molecule has 0 aliphatic carbocycles. The summed E-state index contributed by atoms with van der Waals surface area (Å²) in [5.41, 5.74) is 1.24. The topological polar surface area (TPSA) is 75.6 Å². The van der Waals surface area contributed by atoms with Crippen LogP contribution in [0.25, 0.3) is 0 Å². The SMILES string of the molecule is Cc1ccccc1C[C@@H](CNC(=O)[C@]1(C)CCCO1)C(=O)O. The summed E-state index contributed by atoms with van der Waals surface area (Å²) < 4.78 is 5.47. The van der Waals surface area contributed by atoms with Crippen LogP contribution in [0.15, 0.2) is 24.3 Å². The van der Waals surface area contributed by atoms with Gasteiger partial charge in [0.25, 0.3) is 5.91 Å². The molecule has 1 aromatic rings. The van der Waals surface area contributed by atoms with Crippen LogP contribution in [0, 0.1) is 12.8 Å². The maximum Gasteiger partial charge on any atom is 0.308 e. The molecule has 22 heavy (non-hydrogen) atoms. The lowest BCUT2D eigenvalue weighted by molar-refractivity contribution is -0.143. The highest BCUT2D eigenvalue weighted by atomic mass is 16.5. The molecule has 2 rings (SSSR count). The van der Waals surface area contributed by atoms with Crippen molar-refractivity contribution in [3.8, 4) is 0 Å². The number of carboxylic acid groups (broad SMARTS) is 1. The first-order valence-electron chi connectivity index (χ1n) is 7.62. The molecule has 0 radical (unpaired) electrons. The number of carbonyl (C=O) groups excluding carboxylic acids is 1. The molecule has 0 spiro atoms. The second-order valence-electron chi connectivity index (χ2n) is 6.06. The summed E-state index contributed by atoms with van der Waals surface area (Å²) >= 11 is 0. The van der Waals surface area contributed by atoms with Gasteiger partial charge in [0.05, 0.1) is 5.92 Å². The smallest absolute Gasteiger partial charge is 0.308 e. The molecule has 0 bridgehead atoms. The molecular weight excluding hydrogens is 282 g/mol. The average molecular weight is 305 g/mol. The Bertz CT molecular complexity index is 549. The third kappa shape index (κ3) is 3.85. The van der Waals surface area contributed by atoms with Crippen molar-refractivity contribution in [2.75, 3.05) is 13.2 Å². The maximum absolute atomic E-state index is 12.2. The first-order valence-corrected chi connectivity index (χ1v) is 7.62. The van der Waals surface area contributed by atoms with Gasteiger partial charge in [-0.25, -0.2) is 0 Å². The third-order valence-corrected chi connectivity index (χ3v) is 4.28. The number of nitrogens with one attached hydrogen (secondary N) is 1. The lowest BCUT2D eigenvalue weighted by Gasteiger charge is -2.23. The van der Waals surface area contributed by atoms with E-state index >= 15 is 0 Å². The first-order chi connectivity index (χ1) is 10.4. The molecule has 2 N–H and O–H groups in total. The molecule has 5 nitrogen and oxygen atoms in total. The predicted molar refractivity (Wildman–Crippen MR) is 82.6 cm³/mol. The summed E-state index contributed by atoms with van der Waals surface area (Å²) in [7, 11) is 0. The Kier molecular flexibility index (Phi) is 5.19. The highest BCUT2D eigenvalue weighted by molar-refractivity contribution is 5.85. The van der Waals surface area contributed by atoms with Crippen LogP contribution in [0.5, 0.6) is 0 Å². The molecule has 1 fully saturated rings. The van der Waals surface area contributed by atoms with Crippen molar-refractivity contribution in [1.29, 1.82) is 0 Å². The van der Waals surface area contributed by atoms with Crippen molar-refractivity contribution in [3.63, 3.8) is 0 Å².